The highest BCUT2D eigenvalue weighted by Gasteiger charge is 2.09. The van der Waals surface area contributed by atoms with Gasteiger partial charge in [-0.05, 0) is 12.1 Å². The van der Waals surface area contributed by atoms with Crippen molar-refractivity contribution in [1.82, 2.24) is 20.1 Å². The second-order valence-corrected chi connectivity index (χ2v) is 4.29. The van der Waals surface area contributed by atoms with E-state index in [1.54, 1.807) is 46.5 Å². The summed E-state index contributed by atoms with van der Waals surface area (Å²) in [6, 6.07) is 3.14. The van der Waals surface area contributed by atoms with Gasteiger partial charge in [-0.1, -0.05) is 0 Å². The van der Waals surface area contributed by atoms with E-state index in [-0.39, 0.29) is 11.9 Å². The average Bonchev–Trinajstić information content (AvgIpc) is 2.35. The second-order valence-electron chi connectivity index (χ2n) is 4.29. The Hall–Kier alpha value is -2.11. The van der Waals surface area contributed by atoms with Crippen LogP contribution >= 0.6 is 0 Å². The minimum Gasteiger partial charge on any atom is -0.345 e. The largest absolute Gasteiger partial charge is 0.345 e. The number of hydrogen-bond donors (Lipinski definition) is 1. The van der Waals surface area contributed by atoms with Gasteiger partial charge < -0.3 is 15.1 Å². The molecule has 0 aliphatic rings. The van der Waals surface area contributed by atoms with Crippen molar-refractivity contribution in [3.05, 3.63) is 29.6 Å². The SMILES string of the molecule is CN(C)C(=O)NCc1cc(C(=O)N(C)C)ccn1. The number of nitrogens with zero attached hydrogens (tertiary/aromatic N) is 3. The molecule has 1 rings (SSSR count). The molecule has 0 aliphatic carbocycles. The molecule has 0 radical (unpaired) electrons. The molecule has 1 heterocycles. The highest BCUT2D eigenvalue weighted by atomic mass is 16.2. The van der Waals surface area contributed by atoms with Crippen molar-refractivity contribution in [2.75, 3.05) is 28.2 Å². The Morgan fingerprint density at radius 3 is 2.44 bits per heavy atom. The summed E-state index contributed by atoms with van der Waals surface area (Å²) in [4.78, 5) is 30.1. The minimum atomic E-state index is -0.193. The van der Waals surface area contributed by atoms with Gasteiger partial charge in [0.15, 0.2) is 0 Å². The van der Waals surface area contributed by atoms with Gasteiger partial charge in [0.2, 0.25) is 0 Å². The van der Waals surface area contributed by atoms with E-state index in [4.69, 9.17) is 0 Å². The van der Waals surface area contributed by atoms with Crippen LogP contribution in [0.5, 0.6) is 0 Å². The molecule has 0 unspecified atom stereocenters. The lowest BCUT2D eigenvalue weighted by atomic mass is 10.2. The number of carbonyl (C=O) groups excluding carboxylic acids is 2. The van der Waals surface area contributed by atoms with Crippen LogP contribution in [0.4, 0.5) is 4.79 Å². The summed E-state index contributed by atoms with van der Waals surface area (Å²) >= 11 is 0. The summed E-state index contributed by atoms with van der Waals surface area (Å²) < 4.78 is 0. The molecule has 3 amide bonds. The van der Waals surface area contributed by atoms with E-state index in [0.717, 1.165) is 0 Å². The van der Waals surface area contributed by atoms with Crippen LogP contribution in [0.3, 0.4) is 0 Å². The first-order chi connectivity index (χ1) is 8.41. The van der Waals surface area contributed by atoms with Crippen molar-refractivity contribution in [3.8, 4) is 0 Å². The number of carbonyl (C=O) groups is 2. The van der Waals surface area contributed by atoms with Crippen molar-refractivity contribution in [2.45, 2.75) is 6.54 Å². The van der Waals surface area contributed by atoms with Gasteiger partial charge in [0.25, 0.3) is 5.91 Å². The zero-order valence-corrected chi connectivity index (χ0v) is 11.1. The topological polar surface area (TPSA) is 65.5 Å². The van der Waals surface area contributed by atoms with E-state index in [1.165, 1.54) is 9.80 Å². The first kappa shape index (κ1) is 14.0. The summed E-state index contributed by atoms with van der Waals surface area (Å²) in [5, 5.41) is 2.69. The number of amides is 3. The predicted molar refractivity (Wildman–Crippen MR) is 68.2 cm³/mol. The molecule has 0 spiro atoms. The van der Waals surface area contributed by atoms with Gasteiger partial charge in [-0.3, -0.25) is 9.78 Å². The van der Waals surface area contributed by atoms with Crippen molar-refractivity contribution >= 4 is 11.9 Å². The lowest BCUT2D eigenvalue weighted by Gasteiger charge is -2.13. The molecule has 0 fully saturated rings. The maximum Gasteiger partial charge on any atom is 0.317 e. The van der Waals surface area contributed by atoms with E-state index >= 15 is 0 Å². The molecule has 18 heavy (non-hydrogen) atoms. The first-order valence-electron chi connectivity index (χ1n) is 5.53. The summed E-state index contributed by atoms with van der Waals surface area (Å²) in [5.41, 5.74) is 1.21. The van der Waals surface area contributed by atoms with E-state index in [1.807, 2.05) is 0 Å². The number of pyridine rings is 1. The summed E-state index contributed by atoms with van der Waals surface area (Å²) in [6.45, 7) is 0.297. The fraction of sp³-hybridized carbons (Fsp3) is 0.417. The van der Waals surface area contributed by atoms with E-state index in [0.29, 0.717) is 17.8 Å². The second kappa shape index (κ2) is 6.00. The van der Waals surface area contributed by atoms with Crippen LogP contribution in [0.15, 0.2) is 18.3 Å². The number of aromatic nitrogens is 1. The molecule has 1 aromatic rings. The van der Waals surface area contributed by atoms with Gasteiger partial charge in [-0.2, -0.15) is 0 Å². The monoisotopic (exact) mass is 250 g/mol. The van der Waals surface area contributed by atoms with Crippen molar-refractivity contribution in [3.63, 3.8) is 0 Å². The van der Waals surface area contributed by atoms with Gasteiger partial charge in [0.1, 0.15) is 0 Å². The Morgan fingerprint density at radius 1 is 1.22 bits per heavy atom. The molecule has 0 saturated heterocycles. The van der Waals surface area contributed by atoms with Crippen LogP contribution in [-0.4, -0.2) is 54.9 Å². The van der Waals surface area contributed by atoms with Crippen molar-refractivity contribution in [2.24, 2.45) is 0 Å². The predicted octanol–water partition coefficient (Wildman–Crippen LogP) is 0.555. The molecular formula is C12H18N4O2. The summed E-state index contributed by atoms with van der Waals surface area (Å²) in [6.07, 6.45) is 1.56. The van der Waals surface area contributed by atoms with Crippen LogP contribution in [0, 0.1) is 0 Å². The minimum absolute atomic E-state index is 0.0856. The maximum absolute atomic E-state index is 11.7. The van der Waals surface area contributed by atoms with Crippen molar-refractivity contribution in [1.29, 1.82) is 0 Å². The van der Waals surface area contributed by atoms with E-state index in [9.17, 15) is 9.59 Å². The lowest BCUT2D eigenvalue weighted by Crippen LogP contribution is -2.34. The Bertz CT molecular complexity index is 443. The lowest BCUT2D eigenvalue weighted by molar-refractivity contribution is 0.0827. The van der Waals surface area contributed by atoms with Gasteiger partial charge in [0.05, 0.1) is 12.2 Å². The van der Waals surface area contributed by atoms with Gasteiger partial charge in [0, 0.05) is 40.0 Å². The summed E-state index contributed by atoms with van der Waals surface area (Å²) in [5.74, 6) is -0.0856. The first-order valence-corrected chi connectivity index (χ1v) is 5.53. The fourth-order valence-electron chi connectivity index (χ4n) is 1.29. The maximum atomic E-state index is 11.7. The molecular weight excluding hydrogens is 232 g/mol. The molecule has 6 nitrogen and oxygen atoms in total. The fourth-order valence-corrected chi connectivity index (χ4v) is 1.29. The molecule has 0 atom stereocenters. The zero-order chi connectivity index (χ0) is 13.7. The number of nitrogens with one attached hydrogen (secondary N) is 1. The quantitative estimate of drug-likeness (QED) is 0.852. The highest BCUT2D eigenvalue weighted by molar-refractivity contribution is 5.93. The normalized spacial score (nSPS) is 9.78. The number of hydrogen-bond acceptors (Lipinski definition) is 3. The standard InChI is InChI=1S/C12H18N4O2/c1-15(2)11(17)9-5-6-13-10(7-9)8-14-12(18)16(3)4/h5-7H,8H2,1-4H3,(H,14,18). The Labute approximate surface area is 107 Å². The zero-order valence-electron chi connectivity index (χ0n) is 11.1. The van der Waals surface area contributed by atoms with Gasteiger partial charge in [-0.15, -0.1) is 0 Å². The molecule has 98 valence electrons. The molecule has 0 aromatic carbocycles. The third kappa shape index (κ3) is 3.73. The Kier molecular flexibility index (Phi) is 4.65. The molecule has 0 saturated carbocycles. The van der Waals surface area contributed by atoms with E-state index in [2.05, 4.69) is 10.3 Å². The Balaban J connectivity index is 2.71. The third-order valence-corrected chi connectivity index (χ3v) is 2.30. The van der Waals surface area contributed by atoms with Crippen molar-refractivity contribution < 1.29 is 9.59 Å². The van der Waals surface area contributed by atoms with Crippen LogP contribution in [0.1, 0.15) is 16.1 Å². The molecule has 1 N–H and O–H groups in total. The molecule has 6 heteroatoms. The average molecular weight is 250 g/mol. The van der Waals surface area contributed by atoms with Crippen LogP contribution in [0.2, 0.25) is 0 Å². The number of rotatable bonds is 3. The molecule has 0 bridgehead atoms. The van der Waals surface area contributed by atoms with Crippen LogP contribution in [-0.2, 0) is 6.54 Å². The molecule has 0 aliphatic heterocycles. The Morgan fingerprint density at radius 2 is 1.89 bits per heavy atom. The molecule has 1 aromatic heterocycles. The van der Waals surface area contributed by atoms with Crippen LogP contribution in [0.25, 0.3) is 0 Å². The highest BCUT2D eigenvalue weighted by Crippen LogP contribution is 2.04. The third-order valence-electron chi connectivity index (χ3n) is 2.30. The number of urea groups is 1. The summed E-state index contributed by atoms with van der Waals surface area (Å²) in [7, 11) is 6.70. The van der Waals surface area contributed by atoms with Crippen LogP contribution < -0.4 is 5.32 Å². The van der Waals surface area contributed by atoms with E-state index < -0.39 is 0 Å². The smallest absolute Gasteiger partial charge is 0.317 e. The van der Waals surface area contributed by atoms with Gasteiger partial charge in [-0.25, -0.2) is 4.79 Å². The van der Waals surface area contributed by atoms with Gasteiger partial charge >= 0.3 is 6.03 Å².